The van der Waals surface area contributed by atoms with Gasteiger partial charge in [0.05, 0.1) is 5.92 Å². The molecule has 2 aliphatic heterocycles. The van der Waals surface area contributed by atoms with Crippen LogP contribution in [-0.4, -0.2) is 66.5 Å². The van der Waals surface area contributed by atoms with Crippen LogP contribution in [0.4, 0.5) is 24.8 Å². The molecule has 2 aliphatic rings. The number of anilines is 2. The summed E-state index contributed by atoms with van der Waals surface area (Å²) in [6, 6.07) is 1.86. The van der Waals surface area contributed by atoms with Gasteiger partial charge >= 0.3 is 6.18 Å². The van der Waals surface area contributed by atoms with Crippen molar-refractivity contribution in [1.29, 1.82) is 0 Å². The van der Waals surface area contributed by atoms with Crippen molar-refractivity contribution in [3.63, 3.8) is 0 Å². The Bertz CT molecular complexity index is 673. The van der Waals surface area contributed by atoms with Gasteiger partial charge in [0, 0.05) is 38.9 Å². The average Bonchev–Trinajstić information content (AvgIpc) is 2.71. The van der Waals surface area contributed by atoms with Crippen LogP contribution in [0, 0.1) is 11.8 Å². The standard InChI is InChI=1S/C18H26F3N5O2/c19-18(20,21)11-22-17(28)14-4-2-6-26(9-14)16-7-15(23-12-24-16)25-5-1-3-13(8-25)10-27/h7,12-14,27H,1-6,8-11H2,(H,22,28). The molecule has 2 saturated heterocycles. The minimum Gasteiger partial charge on any atom is -0.396 e. The Labute approximate surface area is 161 Å². The van der Waals surface area contributed by atoms with Crippen molar-refractivity contribution in [2.45, 2.75) is 31.9 Å². The first-order chi connectivity index (χ1) is 13.4. The number of nitrogens with one attached hydrogen (secondary N) is 1. The molecule has 3 heterocycles. The lowest BCUT2D eigenvalue weighted by Gasteiger charge is -2.35. The molecule has 0 bridgehead atoms. The van der Waals surface area contributed by atoms with E-state index in [2.05, 4.69) is 14.9 Å². The Hall–Kier alpha value is -2.10. The number of rotatable bonds is 5. The number of halogens is 3. The van der Waals surface area contributed by atoms with Gasteiger partial charge in [-0.25, -0.2) is 9.97 Å². The predicted molar refractivity (Wildman–Crippen MR) is 98.1 cm³/mol. The number of carbonyl (C=O) groups is 1. The Morgan fingerprint density at radius 1 is 1.14 bits per heavy atom. The van der Waals surface area contributed by atoms with Crippen LogP contribution in [0.25, 0.3) is 0 Å². The smallest absolute Gasteiger partial charge is 0.396 e. The second-order valence-corrected chi connectivity index (χ2v) is 7.49. The van der Waals surface area contributed by atoms with Crippen LogP contribution < -0.4 is 15.1 Å². The molecule has 28 heavy (non-hydrogen) atoms. The van der Waals surface area contributed by atoms with E-state index in [9.17, 15) is 23.1 Å². The van der Waals surface area contributed by atoms with Crippen LogP contribution in [-0.2, 0) is 4.79 Å². The van der Waals surface area contributed by atoms with E-state index in [1.165, 1.54) is 6.33 Å². The van der Waals surface area contributed by atoms with E-state index in [-0.39, 0.29) is 12.5 Å². The number of aromatic nitrogens is 2. The lowest BCUT2D eigenvalue weighted by atomic mass is 9.97. The number of carbonyl (C=O) groups excluding carboxylic acids is 1. The molecule has 7 nitrogen and oxygen atoms in total. The molecule has 2 fully saturated rings. The zero-order valence-electron chi connectivity index (χ0n) is 15.7. The van der Waals surface area contributed by atoms with Gasteiger partial charge in [-0.1, -0.05) is 0 Å². The average molecular weight is 401 g/mol. The number of aliphatic hydroxyl groups excluding tert-OH is 1. The van der Waals surface area contributed by atoms with E-state index < -0.39 is 24.5 Å². The Morgan fingerprint density at radius 3 is 2.43 bits per heavy atom. The SMILES string of the molecule is O=C(NCC(F)(F)F)C1CCCN(c2cc(N3CCCC(CO)C3)ncn2)C1. The summed E-state index contributed by atoms with van der Waals surface area (Å²) in [6.45, 7) is 1.46. The first-order valence-electron chi connectivity index (χ1n) is 9.63. The number of alkyl halides is 3. The van der Waals surface area contributed by atoms with E-state index in [4.69, 9.17) is 0 Å². The third kappa shape index (κ3) is 5.46. The molecule has 1 amide bonds. The first-order valence-corrected chi connectivity index (χ1v) is 9.63. The maximum atomic E-state index is 12.3. The van der Waals surface area contributed by atoms with Crippen molar-refractivity contribution < 1.29 is 23.1 Å². The van der Waals surface area contributed by atoms with Gasteiger partial charge in [0.15, 0.2) is 0 Å². The second kappa shape index (κ2) is 8.93. The molecule has 2 N–H and O–H groups in total. The van der Waals surface area contributed by atoms with Crippen molar-refractivity contribution in [2.24, 2.45) is 11.8 Å². The molecule has 0 saturated carbocycles. The predicted octanol–water partition coefficient (Wildman–Crippen LogP) is 1.58. The molecule has 0 spiro atoms. The molecular formula is C18H26F3N5O2. The van der Waals surface area contributed by atoms with Crippen LogP contribution in [0.15, 0.2) is 12.4 Å². The third-order valence-corrected chi connectivity index (χ3v) is 5.32. The summed E-state index contributed by atoms with van der Waals surface area (Å²) >= 11 is 0. The number of hydrogen-bond donors (Lipinski definition) is 2. The third-order valence-electron chi connectivity index (χ3n) is 5.32. The van der Waals surface area contributed by atoms with E-state index in [1.54, 1.807) is 0 Å². The number of hydrogen-bond acceptors (Lipinski definition) is 6. The molecule has 2 atom stereocenters. The molecule has 156 valence electrons. The molecule has 0 aromatic carbocycles. The highest BCUT2D eigenvalue weighted by atomic mass is 19.4. The minimum atomic E-state index is -4.41. The maximum absolute atomic E-state index is 12.3. The van der Waals surface area contributed by atoms with Gasteiger partial charge in [-0.2, -0.15) is 13.2 Å². The summed E-state index contributed by atoms with van der Waals surface area (Å²) in [6.07, 6.45) is 0.302. The largest absolute Gasteiger partial charge is 0.405 e. The number of amides is 1. The van der Waals surface area contributed by atoms with Crippen molar-refractivity contribution in [1.82, 2.24) is 15.3 Å². The Balaban J connectivity index is 1.64. The zero-order chi connectivity index (χ0) is 20.1. The van der Waals surface area contributed by atoms with Crippen LogP contribution in [0.3, 0.4) is 0 Å². The van der Waals surface area contributed by atoms with Crippen molar-refractivity contribution in [3.05, 3.63) is 12.4 Å². The second-order valence-electron chi connectivity index (χ2n) is 7.49. The van der Waals surface area contributed by atoms with Gasteiger partial charge in [0.2, 0.25) is 5.91 Å². The molecule has 0 radical (unpaired) electrons. The topological polar surface area (TPSA) is 81.6 Å². The maximum Gasteiger partial charge on any atom is 0.405 e. The van der Waals surface area contributed by atoms with E-state index in [0.717, 1.165) is 31.7 Å². The van der Waals surface area contributed by atoms with Gasteiger partial charge in [0.25, 0.3) is 0 Å². The highest BCUT2D eigenvalue weighted by molar-refractivity contribution is 5.79. The molecule has 2 unspecified atom stereocenters. The van der Waals surface area contributed by atoms with E-state index >= 15 is 0 Å². The quantitative estimate of drug-likeness (QED) is 0.780. The van der Waals surface area contributed by atoms with Crippen LogP contribution in [0.5, 0.6) is 0 Å². The Morgan fingerprint density at radius 2 is 1.79 bits per heavy atom. The Kier molecular flexibility index (Phi) is 6.58. The van der Waals surface area contributed by atoms with Crippen molar-refractivity contribution >= 4 is 17.5 Å². The summed E-state index contributed by atoms with van der Waals surface area (Å²) in [5.41, 5.74) is 0. The molecule has 10 heteroatoms. The van der Waals surface area contributed by atoms with Gasteiger partial charge in [0.1, 0.15) is 24.5 Å². The van der Waals surface area contributed by atoms with E-state index in [1.807, 2.05) is 16.3 Å². The molecule has 3 rings (SSSR count). The fourth-order valence-electron chi connectivity index (χ4n) is 3.84. The lowest BCUT2D eigenvalue weighted by molar-refractivity contribution is -0.140. The monoisotopic (exact) mass is 401 g/mol. The van der Waals surface area contributed by atoms with Gasteiger partial charge in [-0.15, -0.1) is 0 Å². The van der Waals surface area contributed by atoms with Crippen LogP contribution >= 0.6 is 0 Å². The summed E-state index contributed by atoms with van der Waals surface area (Å²) < 4.78 is 37.0. The van der Waals surface area contributed by atoms with Crippen molar-refractivity contribution in [3.8, 4) is 0 Å². The molecular weight excluding hydrogens is 375 g/mol. The summed E-state index contributed by atoms with van der Waals surface area (Å²) in [5, 5.41) is 11.4. The highest BCUT2D eigenvalue weighted by Gasteiger charge is 2.32. The van der Waals surface area contributed by atoms with E-state index in [0.29, 0.717) is 31.7 Å². The fourth-order valence-corrected chi connectivity index (χ4v) is 3.84. The number of aliphatic hydroxyl groups is 1. The summed E-state index contributed by atoms with van der Waals surface area (Å²) in [4.78, 5) is 24.8. The number of nitrogens with zero attached hydrogens (tertiary/aromatic N) is 4. The molecule has 1 aromatic heterocycles. The lowest BCUT2D eigenvalue weighted by Crippen LogP contribution is -2.45. The first kappa shape index (κ1) is 20.6. The molecule has 0 aliphatic carbocycles. The number of piperidine rings is 2. The molecule has 1 aromatic rings. The fraction of sp³-hybridized carbons (Fsp3) is 0.722. The van der Waals surface area contributed by atoms with Crippen LogP contribution in [0.1, 0.15) is 25.7 Å². The summed E-state index contributed by atoms with van der Waals surface area (Å²) in [5.74, 6) is 0.599. The zero-order valence-corrected chi connectivity index (χ0v) is 15.7. The normalized spacial score (nSPS) is 23.6. The summed E-state index contributed by atoms with van der Waals surface area (Å²) in [7, 11) is 0. The van der Waals surface area contributed by atoms with Crippen molar-refractivity contribution in [2.75, 3.05) is 49.1 Å². The highest BCUT2D eigenvalue weighted by Crippen LogP contribution is 2.26. The van der Waals surface area contributed by atoms with Gasteiger partial charge < -0.3 is 20.2 Å². The van der Waals surface area contributed by atoms with Crippen LogP contribution in [0.2, 0.25) is 0 Å². The minimum absolute atomic E-state index is 0.148. The van der Waals surface area contributed by atoms with Gasteiger partial charge in [-0.3, -0.25) is 4.79 Å². The van der Waals surface area contributed by atoms with Gasteiger partial charge in [-0.05, 0) is 31.6 Å².